The molecule has 3 unspecified atom stereocenters. The van der Waals surface area contributed by atoms with Crippen LogP contribution in [0.15, 0.2) is 30.3 Å². The molecule has 0 amide bonds. The Morgan fingerprint density at radius 3 is 2.57 bits per heavy atom. The minimum absolute atomic E-state index is 0.00153. The van der Waals surface area contributed by atoms with Crippen LogP contribution in [0.25, 0.3) is 0 Å². The van der Waals surface area contributed by atoms with E-state index in [4.69, 9.17) is 5.73 Å². The fourth-order valence-electron chi connectivity index (χ4n) is 3.02. The summed E-state index contributed by atoms with van der Waals surface area (Å²) in [4.78, 5) is 0. The fraction of sp³-hybridized carbons (Fsp3) is 0.625. The van der Waals surface area contributed by atoms with Gasteiger partial charge in [0.15, 0.2) is 0 Å². The number of nitrogens with two attached hydrogens (primary N) is 1. The predicted octanol–water partition coefficient (Wildman–Crippen LogP) is 2.18. The number of rotatable bonds is 5. The third kappa shape index (κ3) is 4.05. The molecule has 1 heterocycles. The van der Waals surface area contributed by atoms with Gasteiger partial charge in [-0.1, -0.05) is 37.3 Å². The van der Waals surface area contributed by atoms with Crippen LogP contribution in [0.4, 0.5) is 0 Å². The van der Waals surface area contributed by atoms with E-state index in [2.05, 4.69) is 0 Å². The Labute approximate surface area is 128 Å². The van der Waals surface area contributed by atoms with Crippen LogP contribution in [0, 0.1) is 5.92 Å². The summed E-state index contributed by atoms with van der Waals surface area (Å²) in [5.74, 6) is 0.461. The zero-order valence-electron chi connectivity index (χ0n) is 12.9. The molecule has 3 atom stereocenters. The summed E-state index contributed by atoms with van der Waals surface area (Å²) in [7, 11) is -3.25. The van der Waals surface area contributed by atoms with Gasteiger partial charge in [-0.05, 0) is 43.7 Å². The quantitative estimate of drug-likeness (QED) is 0.906. The van der Waals surface area contributed by atoms with E-state index in [0.29, 0.717) is 19.0 Å². The van der Waals surface area contributed by atoms with Crippen molar-refractivity contribution in [1.29, 1.82) is 0 Å². The standard InChI is InChI=1S/C16H26N2O2S/c1-13(16-6-4-3-5-7-16)12-21(19,20)18-11-15(10-17)9-8-14(18)2/h3-7,13-15H,8-12,17H2,1-2H3. The highest BCUT2D eigenvalue weighted by Gasteiger charge is 2.34. The van der Waals surface area contributed by atoms with Gasteiger partial charge in [-0.15, -0.1) is 0 Å². The molecule has 1 aliphatic heterocycles. The Morgan fingerprint density at radius 1 is 1.29 bits per heavy atom. The van der Waals surface area contributed by atoms with Gasteiger partial charge in [-0.2, -0.15) is 4.31 Å². The number of sulfonamides is 1. The molecule has 1 aliphatic rings. The molecule has 118 valence electrons. The summed E-state index contributed by atoms with van der Waals surface area (Å²) < 4.78 is 27.1. The molecule has 0 radical (unpaired) electrons. The molecule has 0 aliphatic carbocycles. The van der Waals surface area contributed by atoms with E-state index in [0.717, 1.165) is 18.4 Å². The lowest BCUT2D eigenvalue weighted by Gasteiger charge is -2.37. The summed E-state index contributed by atoms with van der Waals surface area (Å²) in [6, 6.07) is 9.91. The molecule has 2 rings (SSSR count). The SMILES string of the molecule is CC(CS(=O)(=O)N1CC(CN)CCC1C)c1ccccc1. The Bertz CT molecular complexity index is 545. The van der Waals surface area contributed by atoms with E-state index in [1.54, 1.807) is 4.31 Å². The molecule has 0 saturated carbocycles. The van der Waals surface area contributed by atoms with Gasteiger partial charge in [-0.25, -0.2) is 8.42 Å². The maximum atomic E-state index is 12.7. The summed E-state index contributed by atoms with van der Waals surface area (Å²) in [5.41, 5.74) is 6.80. The van der Waals surface area contributed by atoms with E-state index >= 15 is 0 Å². The first-order chi connectivity index (χ1) is 9.94. The van der Waals surface area contributed by atoms with Crippen LogP contribution in [-0.2, 0) is 10.0 Å². The van der Waals surface area contributed by atoms with Gasteiger partial charge in [0.25, 0.3) is 0 Å². The Balaban J connectivity index is 2.10. The number of nitrogens with zero attached hydrogens (tertiary/aromatic N) is 1. The smallest absolute Gasteiger partial charge is 0.214 e. The molecule has 0 aromatic heterocycles. The third-order valence-electron chi connectivity index (χ3n) is 4.44. The van der Waals surface area contributed by atoms with Crippen LogP contribution < -0.4 is 5.73 Å². The second-order valence-corrected chi connectivity index (χ2v) is 8.15. The van der Waals surface area contributed by atoms with Crippen molar-refractivity contribution in [1.82, 2.24) is 4.31 Å². The lowest BCUT2D eigenvalue weighted by Crippen LogP contribution is -2.48. The largest absolute Gasteiger partial charge is 0.330 e. The topological polar surface area (TPSA) is 63.4 Å². The van der Waals surface area contributed by atoms with Crippen molar-refractivity contribution in [2.75, 3.05) is 18.8 Å². The Kier molecular flexibility index (Phi) is 5.41. The van der Waals surface area contributed by atoms with Gasteiger partial charge >= 0.3 is 0 Å². The van der Waals surface area contributed by atoms with Crippen molar-refractivity contribution in [3.8, 4) is 0 Å². The van der Waals surface area contributed by atoms with Crippen LogP contribution in [0.2, 0.25) is 0 Å². The van der Waals surface area contributed by atoms with Crippen LogP contribution >= 0.6 is 0 Å². The predicted molar refractivity (Wildman–Crippen MR) is 86.6 cm³/mol. The molecule has 0 bridgehead atoms. The lowest BCUT2D eigenvalue weighted by molar-refractivity contribution is 0.211. The molecular formula is C16H26N2O2S. The molecule has 4 nitrogen and oxygen atoms in total. The minimum atomic E-state index is -3.25. The van der Waals surface area contributed by atoms with Gasteiger partial charge < -0.3 is 5.73 Å². The van der Waals surface area contributed by atoms with Gasteiger partial charge in [0.2, 0.25) is 10.0 Å². The van der Waals surface area contributed by atoms with E-state index in [-0.39, 0.29) is 17.7 Å². The molecule has 1 aromatic rings. The third-order valence-corrected chi connectivity index (χ3v) is 6.59. The highest BCUT2D eigenvalue weighted by Crippen LogP contribution is 2.27. The van der Waals surface area contributed by atoms with E-state index < -0.39 is 10.0 Å². The van der Waals surface area contributed by atoms with E-state index in [1.165, 1.54) is 0 Å². The second-order valence-electron chi connectivity index (χ2n) is 6.19. The monoisotopic (exact) mass is 310 g/mol. The summed E-state index contributed by atoms with van der Waals surface area (Å²) in [5, 5.41) is 0. The lowest BCUT2D eigenvalue weighted by atomic mass is 9.96. The summed E-state index contributed by atoms with van der Waals surface area (Å²) in [6.07, 6.45) is 1.93. The number of benzene rings is 1. The van der Waals surface area contributed by atoms with Crippen LogP contribution in [0.1, 0.15) is 38.2 Å². The molecule has 5 heteroatoms. The highest BCUT2D eigenvalue weighted by molar-refractivity contribution is 7.89. The maximum Gasteiger partial charge on any atom is 0.214 e. The van der Waals surface area contributed by atoms with Gasteiger partial charge in [0.1, 0.15) is 0 Å². The molecule has 1 fully saturated rings. The van der Waals surface area contributed by atoms with Crippen molar-refractivity contribution < 1.29 is 8.42 Å². The molecule has 21 heavy (non-hydrogen) atoms. The van der Waals surface area contributed by atoms with Crippen LogP contribution in [0.3, 0.4) is 0 Å². The van der Waals surface area contributed by atoms with E-state index in [1.807, 2.05) is 44.2 Å². The van der Waals surface area contributed by atoms with Gasteiger partial charge in [0, 0.05) is 12.6 Å². The first-order valence-corrected chi connectivity index (χ1v) is 9.29. The van der Waals surface area contributed by atoms with Gasteiger partial charge in [-0.3, -0.25) is 0 Å². The molecule has 1 aromatic carbocycles. The molecule has 0 spiro atoms. The maximum absolute atomic E-state index is 12.7. The number of hydrogen-bond acceptors (Lipinski definition) is 3. The number of piperidine rings is 1. The Hall–Kier alpha value is -0.910. The summed E-state index contributed by atoms with van der Waals surface area (Å²) in [6.45, 7) is 5.11. The Morgan fingerprint density at radius 2 is 1.95 bits per heavy atom. The molecule has 2 N–H and O–H groups in total. The van der Waals surface area contributed by atoms with Crippen molar-refractivity contribution in [2.24, 2.45) is 11.7 Å². The highest BCUT2D eigenvalue weighted by atomic mass is 32.2. The van der Waals surface area contributed by atoms with Crippen molar-refractivity contribution in [3.05, 3.63) is 35.9 Å². The van der Waals surface area contributed by atoms with Crippen molar-refractivity contribution in [3.63, 3.8) is 0 Å². The van der Waals surface area contributed by atoms with E-state index in [9.17, 15) is 8.42 Å². The average molecular weight is 310 g/mol. The zero-order valence-corrected chi connectivity index (χ0v) is 13.7. The second kappa shape index (κ2) is 6.90. The first kappa shape index (κ1) is 16.5. The minimum Gasteiger partial charge on any atom is -0.330 e. The fourth-order valence-corrected chi connectivity index (χ4v) is 5.12. The van der Waals surface area contributed by atoms with Crippen molar-refractivity contribution >= 4 is 10.0 Å². The van der Waals surface area contributed by atoms with Crippen LogP contribution in [-0.4, -0.2) is 37.6 Å². The molecule has 1 saturated heterocycles. The number of hydrogen-bond donors (Lipinski definition) is 1. The molecular weight excluding hydrogens is 284 g/mol. The van der Waals surface area contributed by atoms with Crippen LogP contribution in [0.5, 0.6) is 0 Å². The normalized spacial score (nSPS) is 25.7. The van der Waals surface area contributed by atoms with Crippen molar-refractivity contribution in [2.45, 2.75) is 38.6 Å². The average Bonchev–Trinajstić information content (AvgIpc) is 2.48. The summed E-state index contributed by atoms with van der Waals surface area (Å²) >= 11 is 0. The first-order valence-electron chi connectivity index (χ1n) is 7.68. The zero-order chi connectivity index (χ0) is 15.5. The van der Waals surface area contributed by atoms with Gasteiger partial charge in [0.05, 0.1) is 5.75 Å².